The van der Waals surface area contributed by atoms with Gasteiger partial charge in [0.1, 0.15) is 5.82 Å². The van der Waals surface area contributed by atoms with Gasteiger partial charge in [-0.1, -0.05) is 0 Å². The van der Waals surface area contributed by atoms with E-state index in [-0.39, 0.29) is 17.7 Å². The SMILES string of the molecule is CO[C@H]1CNCC1Nc1cc(=O)[nH]cn1. The van der Waals surface area contributed by atoms with E-state index in [1.165, 1.54) is 12.4 Å². The Balaban J connectivity index is 2.05. The van der Waals surface area contributed by atoms with Gasteiger partial charge in [-0.05, 0) is 0 Å². The molecule has 82 valence electrons. The molecule has 0 amide bonds. The first-order valence-corrected chi connectivity index (χ1v) is 4.84. The van der Waals surface area contributed by atoms with Crippen LogP contribution in [-0.4, -0.2) is 42.3 Å². The third kappa shape index (κ3) is 2.34. The van der Waals surface area contributed by atoms with Crippen molar-refractivity contribution in [2.45, 2.75) is 12.1 Å². The van der Waals surface area contributed by atoms with Crippen LogP contribution in [0.5, 0.6) is 0 Å². The maximum atomic E-state index is 11.0. The van der Waals surface area contributed by atoms with Crippen LogP contribution < -0.4 is 16.2 Å². The Morgan fingerprint density at radius 2 is 2.47 bits per heavy atom. The predicted molar refractivity (Wildman–Crippen MR) is 55.9 cm³/mol. The molecule has 1 fully saturated rings. The van der Waals surface area contributed by atoms with E-state index < -0.39 is 0 Å². The number of hydrogen-bond donors (Lipinski definition) is 3. The van der Waals surface area contributed by atoms with Crippen molar-refractivity contribution in [1.82, 2.24) is 15.3 Å². The van der Waals surface area contributed by atoms with Gasteiger partial charge in [0.15, 0.2) is 0 Å². The fraction of sp³-hybridized carbons (Fsp3) is 0.556. The minimum Gasteiger partial charge on any atom is -0.378 e. The van der Waals surface area contributed by atoms with Crippen LogP contribution in [0.15, 0.2) is 17.2 Å². The molecule has 2 rings (SSSR count). The van der Waals surface area contributed by atoms with Crippen molar-refractivity contribution in [2.24, 2.45) is 0 Å². The Labute approximate surface area is 87.1 Å². The summed E-state index contributed by atoms with van der Waals surface area (Å²) in [5, 5.41) is 6.37. The first-order valence-electron chi connectivity index (χ1n) is 4.84. The molecule has 15 heavy (non-hydrogen) atoms. The average Bonchev–Trinajstić information content (AvgIpc) is 2.65. The minimum absolute atomic E-state index is 0.117. The molecule has 0 aliphatic carbocycles. The molecule has 0 spiro atoms. The number of rotatable bonds is 3. The van der Waals surface area contributed by atoms with E-state index in [2.05, 4.69) is 20.6 Å². The quantitative estimate of drug-likeness (QED) is 0.607. The van der Waals surface area contributed by atoms with E-state index >= 15 is 0 Å². The second-order valence-electron chi connectivity index (χ2n) is 3.48. The first-order chi connectivity index (χ1) is 7.29. The minimum atomic E-state index is -0.160. The van der Waals surface area contributed by atoms with E-state index in [9.17, 15) is 4.79 Å². The number of H-pyrrole nitrogens is 1. The second-order valence-corrected chi connectivity index (χ2v) is 3.48. The number of nitrogens with zero attached hydrogens (tertiary/aromatic N) is 1. The van der Waals surface area contributed by atoms with Crippen LogP contribution in [-0.2, 0) is 4.74 Å². The van der Waals surface area contributed by atoms with Crippen molar-refractivity contribution >= 4 is 5.82 Å². The Morgan fingerprint density at radius 1 is 1.60 bits per heavy atom. The molecule has 0 radical (unpaired) electrons. The van der Waals surface area contributed by atoms with Crippen LogP contribution in [0.2, 0.25) is 0 Å². The molecule has 1 aliphatic heterocycles. The van der Waals surface area contributed by atoms with Crippen molar-refractivity contribution in [3.63, 3.8) is 0 Å². The molecule has 0 aromatic carbocycles. The largest absolute Gasteiger partial charge is 0.378 e. The molecular formula is C9H14N4O2. The third-order valence-electron chi connectivity index (χ3n) is 2.47. The molecule has 6 nitrogen and oxygen atoms in total. The Hall–Kier alpha value is -1.40. The zero-order valence-electron chi connectivity index (χ0n) is 8.49. The molecule has 2 heterocycles. The lowest BCUT2D eigenvalue weighted by molar-refractivity contribution is 0.111. The number of hydrogen-bond acceptors (Lipinski definition) is 5. The molecule has 1 saturated heterocycles. The zero-order chi connectivity index (χ0) is 10.7. The first kappa shape index (κ1) is 10.1. The van der Waals surface area contributed by atoms with E-state index in [0.717, 1.165) is 13.1 Å². The maximum Gasteiger partial charge on any atom is 0.252 e. The van der Waals surface area contributed by atoms with E-state index in [1.54, 1.807) is 7.11 Å². The number of aromatic amines is 1. The summed E-state index contributed by atoms with van der Waals surface area (Å²) >= 11 is 0. The van der Waals surface area contributed by atoms with Gasteiger partial charge in [-0.2, -0.15) is 0 Å². The van der Waals surface area contributed by atoms with Gasteiger partial charge in [-0.25, -0.2) is 4.98 Å². The lowest BCUT2D eigenvalue weighted by atomic mass is 10.2. The summed E-state index contributed by atoms with van der Waals surface area (Å²) in [5.74, 6) is 0.578. The van der Waals surface area contributed by atoms with Crippen molar-refractivity contribution in [1.29, 1.82) is 0 Å². The second kappa shape index (κ2) is 4.41. The highest BCUT2D eigenvalue weighted by molar-refractivity contribution is 5.34. The van der Waals surface area contributed by atoms with Crippen molar-refractivity contribution in [3.8, 4) is 0 Å². The highest BCUT2D eigenvalue weighted by Gasteiger charge is 2.26. The van der Waals surface area contributed by atoms with Gasteiger partial charge in [0, 0.05) is 26.3 Å². The molecule has 1 aromatic rings. The molecule has 1 aliphatic rings. The maximum absolute atomic E-state index is 11.0. The molecule has 1 unspecified atom stereocenters. The Morgan fingerprint density at radius 3 is 3.20 bits per heavy atom. The predicted octanol–water partition coefficient (Wildman–Crippen LogP) is -0.831. The molecule has 3 N–H and O–H groups in total. The van der Waals surface area contributed by atoms with Gasteiger partial charge in [0.05, 0.1) is 18.5 Å². The molecule has 0 saturated carbocycles. The number of aromatic nitrogens is 2. The lowest BCUT2D eigenvalue weighted by Gasteiger charge is -2.18. The summed E-state index contributed by atoms with van der Waals surface area (Å²) in [5.41, 5.74) is -0.160. The normalized spacial score (nSPS) is 25.4. The molecule has 1 aromatic heterocycles. The van der Waals surface area contributed by atoms with Gasteiger partial charge in [-0.15, -0.1) is 0 Å². The molecule has 6 heteroatoms. The topological polar surface area (TPSA) is 79.0 Å². The number of ether oxygens (including phenoxy) is 1. The number of nitrogens with one attached hydrogen (secondary N) is 3. The van der Waals surface area contributed by atoms with Crippen LogP contribution in [0.3, 0.4) is 0 Å². The van der Waals surface area contributed by atoms with E-state index in [4.69, 9.17) is 4.74 Å². The fourth-order valence-electron chi connectivity index (χ4n) is 1.68. The summed E-state index contributed by atoms with van der Waals surface area (Å²) < 4.78 is 5.29. The number of methoxy groups -OCH3 is 1. The van der Waals surface area contributed by atoms with Gasteiger partial charge >= 0.3 is 0 Å². The summed E-state index contributed by atoms with van der Waals surface area (Å²) in [7, 11) is 1.68. The van der Waals surface area contributed by atoms with Crippen molar-refractivity contribution in [2.75, 3.05) is 25.5 Å². The summed E-state index contributed by atoms with van der Waals surface area (Å²) in [4.78, 5) is 17.5. The third-order valence-corrected chi connectivity index (χ3v) is 2.47. The smallest absolute Gasteiger partial charge is 0.252 e. The van der Waals surface area contributed by atoms with Crippen LogP contribution in [0, 0.1) is 0 Å². The fourth-order valence-corrected chi connectivity index (χ4v) is 1.68. The Kier molecular flexibility index (Phi) is 2.98. The van der Waals surface area contributed by atoms with Crippen LogP contribution in [0.4, 0.5) is 5.82 Å². The van der Waals surface area contributed by atoms with Gasteiger partial charge in [0.25, 0.3) is 5.56 Å². The lowest BCUT2D eigenvalue weighted by Crippen LogP contribution is -2.34. The summed E-state index contributed by atoms with van der Waals surface area (Å²) in [6.07, 6.45) is 1.50. The highest BCUT2D eigenvalue weighted by Crippen LogP contribution is 2.09. The van der Waals surface area contributed by atoms with Gasteiger partial charge < -0.3 is 20.4 Å². The van der Waals surface area contributed by atoms with Crippen LogP contribution in [0.25, 0.3) is 0 Å². The molecule has 2 atom stereocenters. The highest BCUT2D eigenvalue weighted by atomic mass is 16.5. The van der Waals surface area contributed by atoms with Crippen LogP contribution in [0.1, 0.15) is 0 Å². The van der Waals surface area contributed by atoms with Crippen molar-refractivity contribution < 1.29 is 4.74 Å². The zero-order valence-corrected chi connectivity index (χ0v) is 8.49. The molecular weight excluding hydrogens is 196 g/mol. The van der Waals surface area contributed by atoms with Crippen molar-refractivity contribution in [3.05, 3.63) is 22.7 Å². The average molecular weight is 210 g/mol. The van der Waals surface area contributed by atoms with Gasteiger partial charge in [0.2, 0.25) is 0 Å². The van der Waals surface area contributed by atoms with Crippen LogP contribution >= 0.6 is 0 Å². The Bertz CT molecular complexity index is 378. The van der Waals surface area contributed by atoms with E-state index in [1.807, 2.05) is 0 Å². The summed E-state index contributed by atoms with van der Waals surface area (Å²) in [6.45, 7) is 1.63. The number of anilines is 1. The monoisotopic (exact) mass is 210 g/mol. The van der Waals surface area contributed by atoms with E-state index in [0.29, 0.717) is 5.82 Å². The van der Waals surface area contributed by atoms with Gasteiger partial charge in [-0.3, -0.25) is 4.79 Å². The standard InChI is InChI=1S/C9H14N4O2/c1-15-7-4-10-3-6(7)13-8-2-9(14)12-5-11-8/h2,5-7,10H,3-4H2,1H3,(H2,11,12,13,14)/t6?,7-/m0/s1. The summed E-state index contributed by atoms with van der Waals surface area (Å²) in [6, 6.07) is 1.59. The molecule has 0 bridgehead atoms.